The van der Waals surface area contributed by atoms with Gasteiger partial charge in [-0.3, -0.25) is 9.59 Å². The van der Waals surface area contributed by atoms with Crippen molar-refractivity contribution in [2.45, 2.75) is 20.0 Å². The molecule has 3 N–H and O–H groups in total. The lowest BCUT2D eigenvalue weighted by Crippen LogP contribution is -2.45. The Labute approximate surface area is 136 Å². The first-order valence-electron chi connectivity index (χ1n) is 7.14. The summed E-state index contributed by atoms with van der Waals surface area (Å²) in [7, 11) is 0. The molecule has 1 unspecified atom stereocenters. The van der Waals surface area contributed by atoms with Gasteiger partial charge in [0.05, 0.1) is 6.61 Å². The van der Waals surface area contributed by atoms with Crippen molar-refractivity contribution < 1.29 is 14.3 Å². The van der Waals surface area contributed by atoms with Crippen LogP contribution in [0.5, 0.6) is 0 Å². The molecule has 0 radical (unpaired) electrons. The molecule has 0 spiro atoms. The van der Waals surface area contributed by atoms with E-state index in [9.17, 15) is 9.59 Å². The molecule has 2 rings (SSSR count). The number of hydrogen-bond donors (Lipinski definition) is 3. The van der Waals surface area contributed by atoms with Crippen molar-refractivity contribution in [3.8, 4) is 0 Å². The molecule has 1 heterocycles. The summed E-state index contributed by atoms with van der Waals surface area (Å²) in [4.78, 5) is 24.0. The van der Waals surface area contributed by atoms with Crippen LogP contribution < -0.4 is 16.0 Å². The van der Waals surface area contributed by atoms with Crippen molar-refractivity contribution in [2.24, 2.45) is 0 Å². The fourth-order valence-electron chi connectivity index (χ4n) is 2.11. The molecule has 1 saturated heterocycles. The quantitative estimate of drug-likeness (QED) is 0.773. The second kappa shape index (κ2) is 8.73. The highest BCUT2D eigenvalue weighted by molar-refractivity contribution is 5.99. The number of aryl methyl sites for hydroxylation is 1. The normalized spacial score (nSPS) is 17.3. The maximum atomic E-state index is 12.1. The van der Waals surface area contributed by atoms with E-state index in [0.717, 1.165) is 12.1 Å². The largest absolute Gasteiger partial charge is 0.366 e. The first kappa shape index (κ1) is 18.4. The molecule has 1 atom stereocenters. The molecule has 0 saturated carbocycles. The first-order chi connectivity index (χ1) is 10.1. The number of benzene rings is 1. The monoisotopic (exact) mass is 327 g/mol. The van der Waals surface area contributed by atoms with Gasteiger partial charge in [-0.15, -0.1) is 12.4 Å². The van der Waals surface area contributed by atoms with E-state index in [1.807, 2.05) is 19.9 Å². The highest BCUT2D eigenvalue weighted by atomic mass is 35.5. The van der Waals surface area contributed by atoms with E-state index in [0.29, 0.717) is 30.9 Å². The predicted octanol–water partition coefficient (Wildman–Crippen LogP) is 1.09. The summed E-state index contributed by atoms with van der Waals surface area (Å²) >= 11 is 0. The molecule has 2 amide bonds. The van der Waals surface area contributed by atoms with E-state index in [4.69, 9.17) is 4.74 Å². The minimum absolute atomic E-state index is 0. The van der Waals surface area contributed by atoms with Crippen molar-refractivity contribution in [3.05, 3.63) is 29.3 Å². The van der Waals surface area contributed by atoms with Gasteiger partial charge in [0.15, 0.2) is 0 Å². The van der Waals surface area contributed by atoms with Crippen molar-refractivity contribution >= 4 is 29.9 Å². The third-order valence-electron chi connectivity index (χ3n) is 3.32. The van der Waals surface area contributed by atoms with Crippen LogP contribution in [0, 0.1) is 6.92 Å². The molecule has 0 aromatic heterocycles. The smallest absolute Gasteiger partial charge is 0.254 e. The molecule has 0 bridgehead atoms. The number of anilines is 1. The average Bonchev–Trinajstić information content (AvgIpc) is 2.50. The topological polar surface area (TPSA) is 79.5 Å². The molecule has 1 aliphatic heterocycles. The van der Waals surface area contributed by atoms with E-state index in [2.05, 4.69) is 16.0 Å². The van der Waals surface area contributed by atoms with E-state index in [1.165, 1.54) is 0 Å². The van der Waals surface area contributed by atoms with E-state index in [1.54, 1.807) is 12.1 Å². The Bertz CT molecular complexity index is 531. The second-order valence-electron chi connectivity index (χ2n) is 4.94. The highest BCUT2D eigenvalue weighted by Crippen LogP contribution is 2.17. The lowest BCUT2D eigenvalue weighted by Gasteiger charge is -2.23. The third-order valence-corrected chi connectivity index (χ3v) is 3.32. The standard InChI is InChI=1S/C15H21N3O3.ClH/c1-3-17-14(19)11-5-4-10(2)12(8-11)18-15(20)13-9-16-6-7-21-13;/h4-5,8,13,16H,3,6-7,9H2,1-2H3,(H,17,19)(H,18,20);1H. The number of morpholine rings is 1. The maximum absolute atomic E-state index is 12.1. The van der Waals surface area contributed by atoms with Gasteiger partial charge in [-0.1, -0.05) is 6.07 Å². The molecule has 122 valence electrons. The number of carbonyl (C=O) groups is 2. The van der Waals surface area contributed by atoms with Crippen LogP contribution in [0.2, 0.25) is 0 Å². The number of rotatable bonds is 4. The third kappa shape index (κ3) is 4.69. The number of hydrogen-bond acceptors (Lipinski definition) is 4. The van der Waals surface area contributed by atoms with Crippen LogP contribution >= 0.6 is 12.4 Å². The van der Waals surface area contributed by atoms with Crippen LogP contribution in [-0.4, -0.2) is 44.2 Å². The average molecular weight is 328 g/mol. The molecular weight excluding hydrogens is 306 g/mol. The van der Waals surface area contributed by atoms with Gasteiger partial charge in [-0.05, 0) is 31.5 Å². The Balaban J connectivity index is 0.00000242. The van der Waals surface area contributed by atoms with Crippen molar-refractivity contribution in [1.82, 2.24) is 10.6 Å². The fraction of sp³-hybridized carbons (Fsp3) is 0.467. The Morgan fingerprint density at radius 2 is 2.18 bits per heavy atom. The summed E-state index contributed by atoms with van der Waals surface area (Å²) in [5.74, 6) is -0.345. The molecule has 22 heavy (non-hydrogen) atoms. The number of nitrogens with one attached hydrogen (secondary N) is 3. The first-order valence-corrected chi connectivity index (χ1v) is 7.14. The minimum atomic E-state index is -0.494. The van der Waals surface area contributed by atoms with E-state index >= 15 is 0 Å². The van der Waals surface area contributed by atoms with Crippen molar-refractivity contribution in [2.75, 3.05) is 31.6 Å². The van der Waals surface area contributed by atoms with Gasteiger partial charge >= 0.3 is 0 Å². The van der Waals surface area contributed by atoms with Gasteiger partial charge in [-0.25, -0.2) is 0 Å². The maximum Gasteiger partial charge on any atom is 0.254 e. The summed E-state index contributed by atoms with van der Waals surface area (Å²) in [6.07, 6.45) is -0.494. The summed E-state index contributed by atoms with van der Waals surface area (Å²) in [6, 6.07) is 5.25. The second-order valence-corrected chi connectivity index (χ2v) is 4.94. The summed E-state index contributed by atoms with van der Waals surface area (Å²) in [5, 5.41) is 8.68. The number of ether oxygens (including phenoxy) is 1. The lowest BCUT2D eigenvalue weighted by molar-refractivity contribution is -0.128. The van der Waals surface area contributed by atoms with E-state index in [-0.39, 0.29) is 24.2 Å². The van der Waals surface area contributed by atoms with Crippen molar-refractivity contribution in [1.29, 1.82) is 0 Å². The van der Waals surface area contributed by atoms with Crippen LogP contribution in [-0.2, 0) is 9.53 Å². The molecule has 1 fully saturated rings. The molecule has 0 aliphatic carbocycles. The Morgan fingerprint density at radius 3 is 2.82 bits per heavy atom. The highest BCUT2D eigenvalue weighted by Gasteiger charge is 2.22. The number of amides is 2. The van der Waals surface area contributed by atoms with Gasteiger partial charge in [0, 0.05) is 30.9 Å². The van der Waals surface area contributed by atoms with Crippen LogP contribution in [0.25, 0.3) is 0 Å². The lowest BCUT2D eigenvalue weighted by atomic mass is 10.1. The Morgan fingerprint density at radius 1 is 1.41 bits per heavy atom. The zero-order chi connectivity index (χ0) is 15.2. The zero-order valence-electron chi connectivity index (χ0n) is 12.8. The molecule has 7 heteroatoms. The van der Waals surface area contributed by atoms with Crippen LogP contribution in [0.4, 0.5) is 5.69 Å². The molecule has 1 aromatic rings. The minimum Gasteiger partial charge on any atom is -0.366 e. The van der Waals surface area contributed by atoms with Crippen LogP contribution in [0.15, 0.2) is 18.2 Å². The van der Waals surface area contributed by atoms with Crippen LogP contribution in [0.3, 0.4) is 0 Å². The Kier molecular flexibility index (Phi) is 7.31. The number of halogens is 1. The van der Waals surface area contributed by atoms with Gasteiger partial charge < -0.3 is 20.7 Å². The van der Waals surface area contributed by atoms with E-state index < -0.39 is 6.10 Å². The van der Waals surface area contributed by atoms with Gasteiger partial charge in [0.25, 0.3) is 11.8 Å². The molecular formula is C15H22ClN3O3. The SMILES string of the molecule is CCNC(=O)c1ccc(C)c(NC(=O)C2CNCCO2)c1.Cl. The molecule has 1 aromatic carbocycles. The van der Waals surface area contributed by atoms with Crippen molar-refractivity contribution in [3.63, 3.8) is 0 Å². The summed E-state index contributed by atoms with van der Waals surface area (Å²) < 4.78 is 5.41. The van der Waals surface area contributed by atoms with Crippen LogP contribution in [0.1, 0.15) is 22.8 Å². The Hall–Kier alpha value is -1.63. The predicted molar refractivity (Wildman–Crippen MR) is 87.7 cm³/mol. The summed E-state index contributed by atoms with van der Waals surface area (Å²) in [5.41, 5.74) is 2.07. The molecule has 6 nitrogen and oxygen atoms in total. The fourth-order valence-corrected chi connectivity index (χ4v) is 2.11. The number of carbonyl (C=O) groups excluding carboxylic acids is 2. The van der Waals surface area contributed by atoms with Gasteiger partial charge in [-0.2, -0.15) is 0 Å². The molecule has 1 aliphatic rings. The van der Waals surface area contributed by atoms with Gasteiger partial charge in [0.1, 0.15) is 6.10 Å². The van der Waals surface area contributed by atoms with Gasteiger partial charge in [0.2, 0.25) is 0 Å². The zero-order valence-corrected chi connectivity index (χ0v) is 13.6. The summed E-state index contributed by atoms with van der Waals surface area (Å²) in [6.45, 7) is 6.10.